The first-order valence-corrected chi connectivity index (χ1v) is 7.05. The molecule has 1 aliphatic rings. The number of aromatic hydroxyl groups is 2. The van der Waals surface area contributed by atoms with E-state index >= 15 is 0 Å². The molecule has 5 nitrogen and oxygen atoms in total. The first-order valence-electron chi connectivity index (χ1n) is 7.05. The standard InChI is InChI=1S/C15H21NO4/c1-2-3-4-7-20-15(19)16-9-11(10-16)13-6-5-12(17)8-14(13)18/h5-6,8,11,17-18H,2-4,7,9-10H2,1H3. The van der Waals surface area contributed by atoms with Crippen LogP contribution in [0.25, 0.3) is 0 Å². The fourth-order valence-electron chi connectivity index (χ4n) is 2.30. The van der Waals surface area contributed by atoms with Crippen molar-refractivity contribution < 1.29 is 19.7 Å². The Kier molecular flexibility index (Phi) is 4.71. The Balaban J connectivity index is 1.77. The molecule has 1 saturated heterocycles. The summed E-state index contributed by atoms with van der Waals surface area (Å²) < 4.78 is 5.17. The van der Waals surface area contributed by atoms with Crippen molar-refractivity contribution in [2.45, 2.75) is 32.1 Å². The van der Waals surface area contributed by atoms with Gasteiger partial charge in [0.05, 0.1) is 6.61 Å². The zero-order chi connectivity index (χ0) is 14.5. The van der Waals surface area contributed by atoms with Crippen molar-refractivity contribution in [2.24, 2.45) is 0 Å². The molecule has 0 atom stereocenters. The number of ether oxygens (including phenoxy) is 1. The number of unbranched alkanes of at least 4 members (excludes halogenated alkanes) is 2. The number of amides is 1. The molecule has 0 bridgehead atoms. The maximum Gasteiger partial charge on any atom is 0.409 e. The minimum atomic E-state index is -0.282. The number of hydrogen-bond acceptors (Lipinski definition) is 4. The van der Waals surface area contributed by atoms with Crippen LogP contribution in [0.2, 0.25) is 0 Å². The van der Waals surface area contributed by atoms with E-state index in [2.05, 4.69) is 6.92 Å². The predicted molar refractivity (Wildman–Crippen MR) is 75.0 cm³/mol. The molecule has 0 aromatic heterocycles. The van der Waals surface area contributed by atoms with Gasteiger partial charge in [0.25, 0.3) is 0 Å². The van der Waals surface area contributed by atoms with E-state index in [9.17, 15) is 15.0 Å². The van der Waals surface area contributed by atoms with E-state index in [1.54, 1.807) is 17.0 Å². The van der Waals surface area contributed by atoms with E-state index in [0.29, 0.717) is 19.7 Å². The van der Waals surface area contributed by atoms with E-state index in [0.717, 1.165) is 24.8 Å². The Morgan fingerprint density at radius 3 is 2.75 bits per heavy atom. The van der Waals surface area contributed by atoms with Gasteiger partial charge in [-0.15, -0.1) is 0 Å². The summed E-state index contributed by atoms with van der Waals surface area (Å²) in [5.41, 5.74) is 0.762. The van der Waals surface area contributed by atoms with Gasteiger partial charge in [0.1, 0.15) is 11.5 Å². The first kappa shape index (κ1) is 14.5. The third kappa shape index (κ3) is 3.35. The lowest BCUT2D eigenvalue weighted by Crippen LogP contribution is -2.48. The highest BCUT2D eigenvalue weighted by molar-refractivity contribution is 5.69. The summed E-state index contributed by atoms with van der Waals surface area (Å²) in [6.07, 6.45) is 2.79. The normalized spacial score (nSPS) is 14.9. The Hall–Kier alpha value is -1.91. The van der Waals surface area contributed by atoms with Crippen LogP contribution in [0.3, 0.4) is 0 Å². The molecule has 1 aromatic rings. The first-order chi connectivity index (χ1) is 9.61. The van der Waals surface area contributed by atoms with Crippen molar-refractivity contribution in [3.63, 3.8) is 0 Å². The highest BCUT2D eigenvalue weighted by Crippen LogP contribution is 2.35. The molecule has 0 unspecified atom stereocenters. The number of benzene rings is 1. The zero-order valence-electron chi connectivity index (χ0n) is 11.7. The van der Waals surface area contributed by atoms with Crippen molar-refractivity contribution in [2.75, 3.05) is 19.7 Å². The maximum atomic E-state index is 11.7. The Bertz CT molecular complexity index is 469. The van der Waals surface area contributed by atoms with Gasteiger partial charge in [-0.25, -0.2) is 4.79 Å². The average Bonchev–Trinajstić information content (AvgIpc) is 2.35. The molecule has 20 heavy (non-hydrogen) atoms. The van der Waals surface area contributed by atoms with E-state index in [-0.39, 0.29) is 23.5 Å². The predicted octanol–water partition coefficient (Wildman–Crippen LogP) is 2.82. The fraction of sp³-hybridized carbons (Fsp3) is 0.533. The highest BCUT2D eigenvalue weighted by Gasteiger charge is 2.34. The molecular formula is C15H21NO4. The molecule has 1 fully saturated rings. The van der Waals surface area contributed by atoms with Crippen molar-refractivity contribution in [1.82, 2.24) is 4.90 Å². The van der Waals surface area contributed by atoms with Gasteiger partial charge in [0.2, 0.25) is 0 Å². The molecule has 0 radical (unpaired) electrons. The van der Waals surface area contributed by atoms with Gasteiger partial charge in [-0.2, -0.15) is 0 Å². The number of carbonyl (C=O) groups excluding carboxylic acids is 1. The number of hydrogen-bond donors (Lipinski definition) is 2. The number of nitrogens with zero attached hydrogens (tertiary/aromatic N) is 1. The molecular weight excluding hydrogens is 258 g/mol. The quantitative estimate of drug-likeness (QED) is 0.813. The van der Waals surface area contributed by atoms with Crippen molar-refractivity contribution in [1.29, 1.82) is 0 Å². The van der Waals surface area contributed by atoms with Crippen molar-refractivity contribution in [3.05, 3.63) is 23.8 Å². The summed E-state index contributed by atoms with van der Waals surface area (Å²) in [7, 11) is 0. The van der Waals surface area contributed by atoms with Gasteiger partial charge >= 0.3 is 6.09 Å². The molecule has 1 aliphatic heterocycles. The van der Waals surface area contributed by atoms with Crippen LogP contribution in [0.5, 0.6) is 11.5 Å². The van der Waals surface area contributed by atoms with Crippen LogP contribution in [-0.2, 0) is 4.74 Å². The molecule has 1 aromatic carbocycles. The van der Waals surface area contributed by atoms with Crippen LogP contribution in [0.4, 0.5) is 4.79 Å². The van der Waals surface area contributed by atoms with Crippen LogP contribution >= 0.6 is 0 Å². The summed E-state index contributed by atoms with van der Waals surface area (Å²) in [5.74, 6) is 0.225. The summed E-state index contributed by atoms with van der Waals surface area (Å²) in [6.45, 7) is 3.67. The van der Waals surface area contributed by atoms with Gasteiger partial charge in [-0.1, -0.05) is 25.8 Å². The van der Waals surface area contributed by atoms with Gasteiger partial charge in [0, 0.05) is 30.6 Å². The van der Waals surface area contributed by atoms with Crippen molar-refractivity contribution >= 4 is 6.09 Å². The molecule has 5 heteroatoms. The molecule has 2 N–H and O–H groups in total. The summed E-state index contributed by atoms with van der Waals surface area (Å²) in [5, 5.41) is 19.0. The molecule has 1 heterocycles. The second-order valence-corrected chi connectivity index (χ2v) is 5.17. The van der Waals surface area contributed by atoms with Gasteiger partial charge in [-0.05, 0) is 12.5 Å². The van der Waals surface area contributed by atoms with Gasteiger partial charge < -0.3 is 19.8 Å². The second-order valence-electron chi connectivity index (χ2n) is 5.17. The third-order valence-electron chi connectivity index (χ3n) is 3.57. The smallest absolute Gasteiger partial charge is 0.409 e. The Labute approximate surface area is 118 Å². The van der Waals surface area contributed by atoms with E-state index in [4.69, 9.17) is 4.74 Å². The third-order valence-corrected chi connectivity index (χ3v) is 3.57. The molecule has 0 aliphatic carbocycles. The van der Waals surface area contributed by atoms with Crippen molar-refractivity contribution in [3.8, 4) is 11.5 Å². The van der Waals surface area contributed by atoms with E-state index < -0.39 is 0 Å². The van der Waals surface area contributed by atoms with Crippen LogP contribution in [0.1, 0.15) is 37.7 Å². The fourth-order valence-corrected chi connectivity index (χ4v) is 2.30. The van der Waals surface area contributed by atoms with Crippen LogP contribution < -0.4 is 0 Å². The molecule has 0 saturated carbocycles. The summed E-state index contributed by atoms with van der Waals surface area (Å²) in [4.78, 5) is 13.3. The Morgan fingerprint density at radius 2 is 2.10 bits per heavy atom. The number of carbonyl (C=O) groups is 1. The van der Waals surface area contributed by atoms with Gasteiger partial charge in [-0.3, -0.25) is 0 Å². The monoisotopic (exact) mass is 279 g/mol. The largest absolute Gasteiger partial charge is 0.508 e. The number of likely N-dealkylation sites (tertiary alicyclic amines) is 1. The number of phenols is 2. The molecule has 0 spiro atoms. The SMILES string of the molecule is CCCCCOC(=O)N1CC(c2ccc(O)cc2O)C1. The van der Waals surface area contributed by atoms with Gasteiger partial charge in [0.15, 0.2) is 0 Å². The second kappa shape index (κ2) is 6.50. The lowest BCUT2D eigenvalue weighted by atomic mass is 9.91. The molecule has 2 rings (SSSR count). The highest BCUT2D eigenvalue weighted by atomic mass is 16.6. The lowest BCUT2D eigenvalue weighted by Gasteiger charge is -2.38. The van der Waals surface area contributed by atoms with E-state index in [1.165, 1.54) is 6.07 Å². The number of rotatable bonds is 5. The average molecular weight is 279 g/mol. The minimum absolute atomic E-state index is 0.0396. The molecule has 1 amide bonds. The number of phenolic OH excluding ortho intramolecular Hbond substituents is 2. The lowest BCUT2D eigenvalue weighted by molar-refractivity contribution is 0.0698. The van der Waals surface area contributed by atoms with Crippen LogP contribution in [0.15, 0.2) is 18.2 Å². The topological polar surface area (TPSA) is 70.0 Å². The van der Waals surface area contributed by atoms with E-state index in [1.807, 2.05) is 0 Å². The van der Waals surface area contributed by atoms with Crippen LogP contribution in [-0.4, -0.2) is 40.9 Å². The Morgan fingerprint density at radius 1 is 1.35 bits per heavy atom. The molecule has 110 valence electrons. The summed E-state index contributed by atoms with van der Waals surface area (Å²) in [6, 6.07) is 4.56. The minimum Gasteiger partial charge on any atom is -0.508 e. The summed E-state index contributed by atoms with van der Waals surface area (Å²) >= 11 is 0. The zero-order valence-corrected chi connectivity index (χ0v) is 11.7. The maximum absolute atomic E-state index is 11.7. The van der Waals surface area contributed by atoms with Crippen LogP contribution in [0, 0.1) is 0 Å².